The normalized spacial score (nSPS) is 18.3. The van der Waals surface area contributed by atoms with Gasteiger partial charge in [-0.3, -0.25) is 4.79 Å². The SMILES string of the molecule is CN(C)C(=O)[C@H](OC(=O)C(F)(F)C1(O)CCCCC1)c1ccccc1. The summed E-state index contributed by atoms with van der Waals surface area (Å²) in [5.41, 5.74) is -2.13. The van der Waals surface area contributed by atoms with Gasteiger partial charge >= 0.3 is 11.9 Å². The maximum absolute atomic E-state index is 14.6. The van der Waals surface area contributed by atoms with Gasteiger partial charge in [0.05, 0.1) is 0 Å². The molecule has 2 rings (SSSR count). The van der Waals surface area contributed by atoms with Crippen molar-refractivity contribution in [3.63, 3.8) is 0 Å². The molecule has 1 aromatic carbocycles. The highest BCUT2D eigenvalue weighted by molar-refractivity contribution is 5.87. The molecule has 1 aliphatic rings. The molecule has 1 aliphatic carbocycles. The quantitative estimate of drug-likeness (QED) is 0.825. The molecule has 1 aromatic rings. The summed E-state index contributed by atoms with van der Waals surface area (Å²) in [7, 11) is 2.89. The van der Waals surface area contributed by atoms with Gasteiger partial charge in [-0.2, -0.15) is 8.78 Å². The predicted molar refractivity (Wildman–Crippen MR) is 87.0 cm³/mol. The standard InChI is InChI=1S/C18H23F2NO4/c1-21(2)15(22)14(13-9-5-3-6-10-13)25-16(23)18(19,20)17(24)11-7-4-8-12-17/h3,5-6,9-10,14,24H,4,7-8,11-12H2,1-2H3/t14-/m1/s1. The number of esters is 1. The van der Waals surface area contributed by atoms with E-state index in [0.717, 1.165) is 6.42 Å². The number of carbonyl (C=O) groups excluding carboxylic acids is 2. The molecule has 138 valence electrons. The second kappa shape index (κ2) is 7.47. The summed E-state index contributed by atoms with van der Waals surface area (Å²) in [5.74, 6) is -6.58. The fraction of sp³-hybridized carbons (Fsp3) is 0.556. The molecule has 1 fully saturated rings. The minimum Gasteiger partial charge on any atom is -0.443 e. The van der Waals surface area contributed by atoms with E-state index in [9.17, 15) is 23.5 Å². The minimum atomic E-state index is -4.08. The van der Waals surface area contributed by atoms with Gasteiger partial charge in [0.1, 0.15) is 5.60 Å². The lowest BCUT2D eigenvalue weighted by Crippen LogP contribution is -2.55. The van der Waals surface area contributed by atoms with E-state index >= 15 is 0 Å². The summed E-state index contributed by atoms with van der Waals surface area (Å²) in [6, 6.07) is 7.97. The van der Waals surface area contributed by atoms with Crippen LogP contribution in [0.3, 0.4) is 0 Å². The van der Waals surface area contributed by atoms with Crippen molar-refractivity contribution in [2.75, 3.05) is 14.1 Å². The molecule has 1 amide bonds. The van der Waals surface area contributed by atoms with Crippen molar-refractivity contribution >= 4 is 11.9 Å². The molecule has 1 atom stereocenters. The van der Waals surface area contributed by atoms with Crippen molar-refractivity contribution in [3.05, 3.63) is 35.9 Å². The molecule has 0 radical (unpaired) electrons. The van der Waals surface area contributed by atoms with Gasteiger partial charge in [0.25, 0.3) is 5.91 Å². The average molecular weight is 355 g/mol. The van der Waals surface area contributed by atoms with Crippen LogP contribution in [-0.4, -0.2) is 47.5 Å². The zero-order valence-corrected chi connectivity index (χ0v) is 14.4. The van der Waals surface area contributed by atoms with Gasteiger partial charge in [-0.1, -0.05) is 49.6 Å². The fourth-order valence-corrected chi connectivity index (χ4v) is 2.95. The zero-order chi connectivity index (χ0) is 18.7. The average Bonchev–Trinajstić information content (AvgIpc) is 2.60. The molecule has 25 heavy (non-hydrogen) atoms. The monoisotopic (exact) mass is 355 g/mol. The molecule has 0 unspecified atom stereocenters. The Morgan fingerprint density at radius 1 is 1.16 bits per heavy atom. The van der Waals surface area contributed by atoms with Crippen LogP contribution in [0.4, 0.5) is 8.78 Å². The van der Waals surface area contributed by atoms with Gasteiger partial charge in [-0.15, -0.1) is 0 Å². The van der Waals surface area contributed by atoms with Gasteiger partial charge in [0, 0.05) is 19.7 Å². The first kappa shape index (κ1) is 19.3. The zero-order valence-electron chi connectivity index (χ0n) is 14.4. The molecule has 0 spiro atoms. The maximum atomic E-state index is 14.6. The van der Waals surface area contributed by atoms with Crippen LogP contribution in [0, 0.1) is 0 Å². The molecule has 0 bridgehead atoms. The maximum Gasteiger partial charge on any atom is 0.381 e. The van der Waals surface area contributed by atoms with E-state index < -0.39 is 29.5 Å². The van der Waals surface area contributed by atoms with E-state index in [1.165, 1.54) is 31.1 Å². The van der Waals surface area contributed by atoms with Crippen LogP contribution in [0.2, 0.25) is 0 Å². The lowest BCUT2D eigenvalue weighted by molar-refractivity contribution is -0.225. The van der Waals surface area contributed by atoms with Crippen molar-refractivity contribution in [3.8, 4) is 0 Å². The largest absolute Gasteiger partial charge is 0.443 e. The third-order valence-corrected chi connectivity index (χ3v) is 4.51. The van der Waals surface area contributed by atoms with Gasteiger partial charge in [0.2, 0.25) is 6.10 Å². The summed E-state index contributed by atoms with van der Waals surface area (Å²) in [4.78, 5) is 25.6. The van der Waals surface area contributed by atoms with Gasteiger partial charge in [-0.05, 0) is 12.8 Å². The van der Waals surface area contributed by atoms with Gasteiger partial charge in [0.15, 0.2) is 0 Å². The van der Waals surface area contributed by atoms with E-state index in [0.29, 0.717) is 18.4 Å². The van der Waals surface area contributed by atoms with Gasteiger partial charge in [-0.25, -0.2) is 4.79 Å². The topological polar surface area (TPSA) is 66.8 Å². The lowest BCUT2D eigenvalue weighted by atomic mass is 9.80. The Morgan fingerprint density at radius 3 is 2.24 bits per heavy atom. The Balaban J connectivity index is 2.25. The molecular weight excluding hydrogens is 332 g/mol. The van der Waals surface area contributed by atoms with Crippen LogP contribution in [0.25, 0.3) is 0 Å². The Labute approximate surface area is 145 Å². The number of halogens is 2. The summed E-state index contributed by atoms with van der Waals surface area (Å²) in [6.45, 7) is 0. The van der Waals surface area contributed by atoms with Crippen molar-refractivity contribution in [1.29, 1.82) is 0 Å². The highest BCUT2D eigenvalue weighted by Gasteiger charge is 2.60. The highest BCUT2D eigenvalue weighted by Crippen LogP contribution is 2.42. The van der Waals surface area contributed by atoms with Crippen LogP contribution in [0.5, 0.6) is 0 Å². The lowest BCUT2D eigenvalue weighted by Gasteiger charge is -2.37. The van der Waals surface area contributed by atoms with E-state index in [1.54, 1.807) is 18.2 Å². The molecule has 7 heteroatoms. The van der Waals surface area contributed by atoms with Crippen molar-refractivity contribution in [2.24, 2.45) is 0 Å². The highest BCUT2D eigenvalue weighted by atomic mass is 19.3. The number of alkyl halides is 2. The summed E-state index contributed by atoms with van der Waals surface area (Å²) in [6.07, 6.45) is -0.267. The van der Waals surface area contributed by atoms with Crippen LogP contribution in [0.1, 0.15) is 43.8 Å². The third kappa shape index (κ3) is 3.98. The number of hydrogen-bond acceptors (Lipinski definition) is 4. The van der Waals surface area contributed by atoms with Crippen LogP contribution < -0.4 is 0 Å². The molecule has 0 aromatic heterocycles. The first-order valence-electron chi connectivity index (χ1n) is 8.26. The van der Waals surface area contributed by atoms with Gasteiger partial charge < -0.3 is 14.7 Å². The fourth-order valence-electron chi connectivity index (χ4n) is 2.95. The number of benzene rings is 1. The Bertz CT molecular complexity index is 613. The molecule has 1 saturated carbocycles. The summed E-state index contributed by atoms with van der Waals surface area (Å²) < 4.78 is 34.1. The van der Waals surface area contributed by atoms with E-state index in [-0.39, 0.29) is 12.8 Å². The number of nitrogens with zero attached hydrogens (tertiary/aromatic N) is 1. The second-order valence-corrected chi connectivity index (χ2v) is 6.60. The predicted octanol–water partition coefficient (Wildman–Crippen LogP) is 2.69. The number of rotatable bonds is 5. The minimum absolute atomic E-state index is 0.174. The Kier molecular flexibility index (Phi) is 5.77. The molecule has 0 saturated heterocycles. The number of hydrogen-bond donors (Lipinski definition) is 1. The van der Waals surface area contributed by atoms with Crippen molar-refractivity contribution < 1.29 is 28.2 Å². The van der Waals surface area contributed by atoms with E-state index in [4.69, 9.17) is 4.74 Å². The number of carbonyl (C=O) groups is 2. The second-order valence-electron chi connectivity index (χ2n) is 6.60. The smallest absolute Gasteiger partial charge is 0.381 e. The van der Waals surface area contributed by atoms with E-state index in [1.807, 2.05) is 0 Å². The van der Waals surface area contributed by atoms with E-state index in [2.05, 4.69) is 0 Å². The number of amides is 1. The molecule has 0 aliphatic heterocycles. The number of likely N-dealkylation sites (N-methyl/N-ethyl adjacent to an activating group) is 1. The van der Waals surface area contributed by atoms with Crippen molar-refractivity contribution in [2.45, 2.75) is 49.7 Å². The summed E-state index contributed by atoms with van der Waals surface area (Å²) >= 11 is 0. The number of ether oxygens (including phenoxy) is 1. The summed E-state index contributed by atoms with van der Waals surface area (Å²) in [5, 5.41) is 10.3. The Hall–Kier alpha value is -2.02. The Morgan fingerprint density at radius 2 is 1.72 bits per heavy atom. The van der Waals surface area contributed by atoms with Crippen molar-refractivity contribution in [1.82, 2.24) is 4.90 Å². The molecule has 5 nitrogen and oxygen atoms in total. The third-order valence-electron chi connectivity index (χ3n) is 4.51. The first-order chi connectivity index (χ1) is 11.7. The first-order valence-corrected chi connectivity index (χ1v) is 8.26. The van der Waals surface area contributed by atoms with Crippen LogP contribution >= 0.6 is 0 Å². The molecular formula is C18H23F2NO4. The van der Waals surface area contributed by atoms with Crippen LogP contribution in [0.15, 0.2) is 30.3 Å². The van der Waals surface area contributed by atoms with Crippen LogP contribution in [-0.2, 0) is 14.3 Å². The molecule has 0 heterocycles. The molecule has 1 N–H and O–H groups in total. The number of aliphatic hydroxyl groups is 1.